The van der Waals surface area contributed by atoms with Crippen molar-refractivity contribution in [3.63, 3.8) is 0 Å². The molecule has 382 valence electrons. The van der Waals surface area contributed by atoms with Crippen LogP contribution in [-0.4, -0.2) is 122 Å². The molecule has 6 heterocycles. The molecule has 0 saturated carbocycles. The number of aryl methyl sites for hydroxylation is 1. The van der Waals surface area contributed by atoms with Gasteiger partial charge in [0.05, 0.1) is 46.2 Å². The highest BCUT2D eigenvalue weighted by molar-refractivity contribution is 7.22. The van der Waals surface area contributed by atoms with Crippen LogP contribution < -0.4 is 25.6 Å². The Bertz CT molecular complexity index is 3330. The summed E-state index contributed by atoms with van der Waals surface area (Å²) in [5, 5.41) is 24.3. The summed E-state index contributed by atoms with van der Waals surface area (Å²) < 4.78 is 52.4. The molecule has 2 saturated heterocycles. The maximum Gasteiger partial charge on any atom is 0.405 e. The van der Waals surface area contributed by atoms with Gasteiger partial charge in [0, 0.05) is 69.3 Å². The molecule has 0 aliphatic carbocycles. The molecule has 7 aromatic rings. The van der Waals surface area contributed by atoms with E-state index in [1.807, 2.05) is 41.3 Å². The Morgan fingerprint density at radius 2 is 1.72 bits per heavy atom. The zero-order valence-electron chi connectivity index (χ0n) is 40.4. The van der Waals surface area contributed by atoms with Gasteiger partial charge in [0.2, 0.25) is 17.7 Å². The highest BCUT2D eigenvalue weighted by atomic mass is 32.1. The van der Waals surface area contributed by atoms with Gasteiger partial charge in [-0.3, -0.25) is 44.3 Å². The Balaban J connectivity index is 0.755. The highest BCUT2D eigenvalue weighted by Gasteiger charge is 2.46. The van der Waals surface area contributed by atoms with Gasteiger partial charge in [-0.2, -0.15) is 18.3 Å². The number of para-hydroxylation sites is 2. The van der Waals surface area contributed by atoms with E-state index in [1.165, 1.54) is 21.1 Å². The van der Waals surface area contributed by atoms with Crippen molar-refractivity contribution in [3.8, 4) is 16.9 Å². The van der Waals surface area contributed by atoms with Crippen LogP contribution >= 0.6 is 11.3 Å². The number of aromatic nitrogens is 4. The van der Waals surface area contributed by atoms with Crippen LogP contribution in [0.5, 0.6) is 5.75 Å². The Morgan fingerprint density at radius 3 is 2.51 bits per heavy atom. The maximum absolute atomic E-state index is 14.6. The number of amides is 4. The number of nitrogens with zero attached hydrogens (tertiary/aromatic N) is 7. The fourth-order valence-corrected chi connectivity index (χ4v) is 11.1. The van der Waals surface area contributed by atoms with Crippen LogP contribution in [0.4, 0.5) is 29.8 Å². The van der Waals surface area contributed by atoms with Crippen molar-refractivity contribution >= 4 is 78.7 Å². The molecule has 2 fully saturated rings. The Hall–Kier alpha value is -7.75. The molecule has 2 atom stereocenters. The number of fused-ring (bicyclic) bond motifs is 3. The zero-order chi connectivity index (χ0) is 51.8. The summed E-state index contributed by atoms with van der Waals surface area (Å²) >= 11 is 1.39. The van der Waals surface area contributed by atoms with Crippen LogP contribution in [0.1, 0.15) is 68.4 Å². The number of benzene rings is 4. The van der Waals surface area contributed by atoms with E-state index in [4.69, 9.17) is 4.74 Å². The highest BCUT2D eigenvalue weighted by Crippen LogP contribution is 2.37. The number of carbonyl (C=O) groups is 5. The van der Waals surface area contributed by atoms with Crippen molar-refractivity contribution < 1.29 is 47.0 Å². The van der Waals surface area contributed by atoms with Gasteiger partial charge in [-0.25, -0.2) is 14.8 Å². The van der Waals surface area contributed by atoms with Crippen molar-refractivity contribution in [3.05, 3.63) is 125 Å². The topological polar surface area (TPSA) is 204 Å². The van der Waals surface area contributed by atoms with Gasteiger partial charge in [-0.05, 0) is 90.9 Å². The van der Waals surface area contributed by atoms with Gasteiger partial charge >= 0.3 is 12.1 Å². The fourth-order valence-electron chi connectivity index (χ4n) is 10.3. The number of carboxylic acids is 1. The Morgan fingerprint density at radius 1 is 0.905 bits per heavy atom. The molecule has 74 heavy (non-hydrogen) atoms. The Labute approximate surface area is 426 Å². The van der Waals surface area contributed by atoms with Gasteiger partial charge in [0.25, 0.3) is 5.91 Å². The summed E-state index contributed by atoms with van der Waals surface area (Å²) in [7, 11) is 1.67. The number of ether oxygens (including phenoxy) is 1. The summed E-state index contributed by atoms with van der Waals surface area (Å²) in [6.07, 6.45) is -3.24. The third-order valence-electron chi connectivity index (χ3n) is 13.9. The molecule has 10 rings (SSSR count). The first-order chi connectivity index (χ1) is 35.6. The van der Waals surface area contributed by atoms with Gasteiger partial charge in [0.1, 0.15) is 17.6 Å². The van der Waals surface area contributed by atoms with Gasteiger partial charge in [0.15, 0.2) is 10.8 Å². The van der Waals surface area contributed by atoms with Crippen LogP contribution in [0.2, 0.25) is 0 Å². The molecule has 1 unspecified atom stereocenters. The normalized spacial score (nSPS) is 17.6. The first kappa shape index (κ1) is 49.8. The van der Waals surface area contributed by atoms with Crippen LogP contribution in [0.25, 0.3) is 32.2 Å². The van der Waals surface area contributed by atoms with Crippen LogP contribution in [-0.2, 0) is 34.4 Å². The number of thiazole rings is 1. The molecule has 0 radical (unpaired) electrons. The van der Waals surface area contributed by atoms with E-state index in [2.05, 4.69) is 31.0 Å². The lowest BCUT2D eigenvalue weighted by atomic mass is 9.92. The summed E-state index contributed by atoms with van der Waals surface area (Å²) in [5.41, 5.74) is 5.94. The molecule has 0 bridgehead atoms. The number of alkyl halides is 3. The predicted octanol–water partition coefficient (Wildman–Crippen LogP) is 7.54. The van der Waals surface area contributed by atoms with Crippen molar-refractivity contribution in [2.24, 2.45) is 7.05 Å². The first-order valence-electron chi connectivity index (χ1n) is 24.2. The molecule has 3 aromatic heterocycles. The quantitative estimate of drug-likeness (QED) is 0.0615. The molecule has 21 heteroatoms. The number of carbonyl (C=O) groups excluding carboxylic acids is 4. The molecular weight excluding hydrogens is 978 g/mol. The zero-order valence-corrected chi connectivity index (χ0v) is 41.2. The fraction of sp³-hybridized carbons (Fsp3) is 0.321. The summed E-state index contributed by atoms with van der Waals surface area (Å²) in [5.74, 6) is -2.58. The number of piperazine rings is 1. The first-order valence-corrected chi connectivity index (χ1v) is 25.0. The lowest BCUT2D eigenvalue weighted by Crippen LogP contribution is -2.60. The lowest BCUT2D eigenvalue weighted by Gasteiger charge is -2.41. The van der Waals surface area contributed by atoms with Gasteiger partial charge < -0.3 is 20.1 Å². The minimum Gasteiger partial charge on any atom is -0.493 e. The number of pyridine rings is 1. The predicted molar refractivity (Wildman–Crippen MR) is 273 cm³/mol. The molecule has 4 N–H and O–H groups in total. The lowest BCUT2D eigenvalue weighted by molar-refractivity contribution is -0.197. The average Bonchev–Trinajstić information content (AvgIpc) is 3.95. The molecular formula is C53H51F3N10O7S. The second-order valence-corrected chi connectivity index (χ2v) is 19.7. The number of halogens is 3. The number of nitrogens with one attached hydrogen (secondary N) is 3. The van der Waals surface area contributed by atoms with E-state index in [9.17, 15) is 42.3 Å². The molecule has 3 aliphatic heterocycles. The van der Waals surface area contributed by atoms with E-state index in [0.717, 1.165) is 21.3 Å². The number of imide groups is 1. The number of anilines is 3. The van der Waals surface area contributed by atoms with Crippen molar-refractivity contribution in [1.29, 1.82) is 0 Å². The average molecular weight is 1030 g/mol. The van der Waals surface area contributed by atoms with Gasteiger partial charge in [-0.15, -0.1) is 0 Å². The van der Waals surface area contributed by atoms with Crippen LogP contribution in [0.15, 0.2) is 91.0 Å². The van der Waals surface area contributed by atoms with Crippen molar-refractivity contribution in [2.75, 3.05) is 61.4 Å². The van der Waals surface area contributed by atoms with E-state index >= 15 is 0 Å². The monoisotopic (exact) mass is 1030 g/mol. The van der Waals surface area contributed by atoms with E-state index in [1.54, 1.807) is 73.3 Å². The van der Waals surface area contributed by atoms with Crippen molar-refractivity contribution in [2.45, 2.75) is 57.3 Å². The standard InChI is InChI=1S/C53H51F3N10O7S/c1-30-32(33-17-19-43(59-47(33)51(71)72)66-23-21-31-9-5-11-34(37(31)27-66)49(69)61-52-58-38-13-3-4-16-41(38)74-52)10-7-15-40(30)73-26-8-22-65-25-24-64(28-42(65)53(54,55)56)29-45(68)57-39-14-6-12-35-46(62-63(2)48(35)39)36-18-20-44(67)60-50(36)70/h3-7,9-17,19,36,42H,8,18,20-29H2,1-2H3,(H,57,68)(H,71,72)(H,58,61,69)(H,60,67,70)/t36?,42-/m1/s1. The molecule has 0 spiro atoms. The van der Waals surface area contributed by atoms with Crippen molar-refractivity contribution in [1.82, 2.24) is 34.9 Å². The molecule has 4 amide bonds. The number of carboxylic acid groups (broad SMARTS) is 1. The minimum absolute atomic E-state index is 0.0605. The van der Waals surface area contributed by atoms with Gasteiger partial charge in [-0.1, -0.05) is 59.9 Å². The maximum atomic E-state index is 14.6. The Kier molecular flexibility index (Phi) is 13.9. The number of aromatic carboxylic acids is 1. The molecule has 17 nitrogen and oxygen atoms in total. The third kappa shape index (κ3) is 10.3. The smallest absolute Gasteiger partial charge is 0.405 e. The summed E-state index contributed by atoms with van der Waals surface area (Å²) in [4.78, 5) is 78.2. The van der Waals surface area contributed by atoms with E-state index < -0.39 is 42.5 Å². The minimum atomic E-state index is -4.57. The van der Waals surface area contributed by atoms with E-state index in [0.29, 0.717) is 87.2 Å². The number of rotatable bonds is 14. The third-order valence-corrected chi connectivity index (χ3v) is 14.9. The molecule has 3 aliphatic rings. The summed E-state index contributed by atoms with van der Waals surface area (Å²) in [6.45, 7) is 2.40. The second-order valence-electron chi connectivity index (χ2n) is 18.6. The molecule has 4 aromatic carbocycles. The SMILES string of the molecule is Cc1c(OCCCN2CCN(CC(=O)Nc3cccc4c(C5CCC(=O)NC5=O)nn(C)c34)C[C@@H]2C(F)(F)F)cccc1-c1ccc(N2CCc3cccc(C(=O)Nc4nc5ccccc5s4)c3C2)nc1C(=O)O. The van der Waals surface area contributed by atoms with Crippen LogP contribution in [0.3, 0.4) is 0 Å². The number of hydrogen-bond acceptors (Lipinski definition) is 13. The number of piperidine rings is 1. The summed E-state index contributed by atoms with van der Waals surface area (Å²) in [6, 6.07) is 25.3. The van der Waals surface area contributed by atoms with E-state index in [-0.39, 0.29) is 63.1 Å². The largest absolute Gasteiger partial charge is 0.493 e. The second kappa shape index (κ2) is 20.6. The van der Waals surface area contributed by atoms with Crippen LogP contribution in [0, 0.1) is 6.92 Å². The number of hydrogen-bond donors (Lipinski definition) is 4.